The van der Waals surface area contributed by atoms with Crippen molar-refractivity contribution in [3.05, 3.63) is 0 Å². The number of aliphatic hydroxyl groups is 3. The molecule has 24 heavy (non-hydrogen) atoms. The van der Waals surface area contributed by atoms with Crippen LogP contribution in [-0.4, -0.2) is 121 Å². The molecule has 0 radical (unpaired) electrons. The molecule has 1 rings (SSSR count). The van der Waals surface area contributed by atoms with Gasteiger partial charge in [-0.15, -0.1) is 0 Å². The summed E-state index contributed by atoms with van der Waals surface area (Å²) in [6.45, 7) is -2.98. The number of aliphatic hydroxyl groups excluding tert-OH is 3. The Morgan fingerprint density at radius 3 is 0.958 bits per heavy atom. The number of nitrogens with zero attached hydrogens (tertiary/aromatic N) is 3. The first-order valence-electron chi connectivity index (χ1n) is 6.99. The Bertz CT molecular complexity index is 402. The second-order valence-corrected chi connectivity index (χ2v) is 5.30. The molecule has 1 fully saturated rings. The lowest BCUT2D eigenvalue weighted by Gasteiger charge is -2.46. The molecule has 3 unspecified atom stereocenters. The standard InChI is InChI=1S/C12H21N3O9/c16-1-7(10(19)20)13-4-14(8(2-17)11(21)22)6-15(5-13)9(3-18)12(23)24/h7-9,16-18H,1-6H2,(H,19,20)(H,21,22)(H,23,24). The smallest absolute Gasteiger partial charge is 0.323 e. The van der Waals surface area contributed by atoms with Gasteiger partial charge in [-0.2, -0.15) is 0 Å². The zero-order chi connectivity index (χ0) is 18.4. The number of carboxylic acids is 3. The molecular formula is C12H21N3O9. The van der Waals surface area contributed by atoms with Crippen molar-refractivity contribution in [1.29, 1.82) is 0 Å². The van der Waals surface area contributed by atoms with E-state index in [-0.39, 0.29) is 20.0 Å². The van der Waals surface area contributed by atoms with Crippen molar-refractivity contribution in [3.63, 3.8) is 0 Å². The van der Waals surface area contributed by atoms with Crippen LogP contribution in [0.3, 0.4) is 0 Å². The highest BCUT2D eigenvalue weighted by atomic mass is 16.4. The molecular weight excluding hydrogens is 330 g/mol. The molecule has 6 N–H and O–H groups in total. The average molecular weight is 351 g/mol. The summed E-state index contributed by atoms with van der Waals surface area (Å²) in [4.78, 5) is 37.1. The van der Waals surface area contributed by atoms with Crippen LogP contribution in [0.5, 0.6) is 0 Å². The molecule has 1 saturated heterocycles. The summed E-state index contributed by atoms with van der Waals surface area (Å²) in [5, 5.41) is 55.1. The van der Waals surface area contributed by atoms with Gasteiger partial charge in [0.25, 0.3) is 0 Å². The summed E-state index contributed by atoms with van der Waals surface area (Å²) in [6, 6.07) is -4.18. The third-order valence-electron chi connectivity index (χ3n) is 3.79. The lowest BCUT2D eigenvalue weighted by molar-refractivity contribution is -0.167. The molecule has 0 aliphatic carbocycles. The molecule has 0 aromatic rings. The topological polar surface area (TPSA) is 182 Å². The maximum Gasteiger partial charge on any atom is 0.323 e. The van der Waals surface area contributed by atoms with Crippen molar-refractivity contribution < 1.29 is 45.0 Å². The fourth-order valence-corrected chi connectivity index (χ4v) is 2.47. The SMILES string of the molecule is O=C(O)C(CO)N1CN(C(CO)C(=O)O)CN(C(CO)C(=O)O)C1. The van der Waals surface area contributed by atoms with Gasteiger partial charge in [0.15, 0.2) is 0 Å². The van der Waals surface area contributed by atoms with Crippen LogP contribution in [0.15, 0.2) is 0 Å². The van der Waals surface area contributed by atoms with E-state index >= 15 is 0 Å². The Morgan fingerprint density at radius 2 is 0.833 bits per heavy atom. The number of hydrogen-bond acceptors (Lipinski definition) is 9. The van der Waals surface area contributed by atoms with E-state index in [0.717, 1.165) is 14.7 Å². The van der Waals surface area contributed by atoms with Gasteiger partial charge in [-0.1, -0.05) is 0 Å². The van der Waals surface area contributed by atoms with Gasteiger partial charge >= 0.3 is 17.9 Å². The van der Waals surface area contributed by atoms with Gasteiger partial charge in [0, 0.05) is 0 Å². The van der Waals surface area contributed by atoms with E-state index in [0.29, 0.717) is 0 Å². The van der Waals surface area contributed by atoms with Crippen molar-refractivity contribution in [3.8, 4) is 0 Å². The van der Waals surface area contributed by atoms with E-state index in [1.54, 1.807) is 0 Å². The number of hydrogen-bond donors (Lipinski definition) is 6. The molecule has 0 aromatic carbocycles. The maximum absolute atomic E-state index is 11.2. The monoisotopic (exact) mass is 351 g/mol. The van der Waals surface area contributed by atoms with Crippen molar-refractivity contribution >= 4 is 17.9 Å². The minimum Gasteiger partial charge on any atom is -0.480 e. The highest BCUT2D eigenvalue weighted by molar-refractivity contribution is 5.75. The van der Waals surface area contributed by atoms with E-state index in [9.17, 15) is 29.7 Å². The van der Waals surface area contributed by atoms with Gasteiger partial charge < -0.3 is 30.6 Å². The van der Waals surface area contributed by atoms with Crippen LogP contribution in [0.1, 0.15) is 0 Å². The third-order valence-corrected chi connectivity index (χ3v) is 3.79. The maximum atomic E-state index is 11.2. The van der Waals surface area contributed by atoms with Crippen molar-refractivity contribution in [2.24, 2.45) is 0 Å². The highest BCUT2D eigenvalue weighted by Crippen LogP contribution is 2.17. The summed E-state index contributed by atoms with van der Waals surface area (Å²) in [5.74, 6) is -4.11. The Morgan fingerprint density at radius 1 is 0.625 bits per heavy atom. The minimum atomic E-state index is -1.39. The van der Waals surface area contributed by atoms with E-state index in [1.807, 2.05) is 0 Å². The second kappa shape index (κ2) is 8.86. The van der Waals surface area contributed by atoms with Crippen LogP contribution in [-0.2, 0) is 14.4 Å². The lowest BCUT2D eigenvalue weighted by atomic mass is 10.2. The fraction of sp³-hybridized carbons (Fsp3) is 0.750. The average Bonchev–Trinajstić information content (AvgIpc) is 2.48. The minimum absolute atomic E-state index is 0.219. The molecule has 0 bridgehead atoms. The summed E-state index contributed by atoms with van der Waals surface area (Å²) in [5.41, 5.74) is 0. The molecule has 1 aliphatic rings. The fourth-order valence-electron chi connectivity index (χ4n) is 2.47. The van der Waals surface area contributed by atoms with Crippen molar-refractivity contribution in [1.82, 2.24) is 14.7 Å². The van der Waals surface area contributed by atoms with Crippen LogP contribution in [0.4, 0.5) is 0 Å². The Balaban J connectivity index is 3.11. The Hall–Kier alpha value is -1.83. The van der Waals surface area contributed by atoms with Crippen LogP contribution in [0, 0.1) is 0 Å². The molecule has 138 valence electrons. The highest BCUT2D eigenvalue weighted by Gasteiger charge is 2.40. The van der Waals surface area contributed by atoms with E-state index in [4.69, 9.17) is 15.3 Å². The number of rotatable bonds is 9. The Kier molecular flexibility index (Phi) is 7.47. The van der Waals surface area contributed by atoms with Gasteiger partial charge in [-0.25, -0.2) is 0 Å². The normalized spacial score (nSPS) is 21.1. The number of aliphatic carboxylic acids is 3. The zero-order valence-corrected chi connectivity index (χ0v) is 12.7. The number of carboxylic acid groups (broad SMARTS) is 3. The zero-order valence-electron chi connectivity index (χ0n) is 12.7. The third kappa shape index (κ3) is 4.59. The van der Waals surface area contributed by atoms with Crippen LogP contribution in [0.2, 0.25) is 0 Å². The summed E-state index contributed by atoms with van der Waals surface area (Å²) < 4.78 is 0. The first kappa shape index (κ1) is 20.2. The van der Waals surface area contributed by atoms with E-state index in [2.05, 4.69) is 0 Å². The van der Waals surface area contributed by atoms with Crippen LogP contribution in [0.25, 0.3) is 0 Å². The predicted molar refractivity (Wildman–Crippen MR) is 75.6 cm³/mol. The van der Waals surface area contributed by atoms with Gasteiger partial charge in [0.05, 0.1) is 39.8 Å². The molecule has 12 heteroatoms. The summed E-state index contributed by atoms with van der Waals surface area (Å²) >= 11 is 0. The number of carbonyl (C=O) groups is 3. The van der Waals surface area contributed by atoms with Gasteiger partial charge in [0.1, 0.15) is 18.1 Å². The van der Waals surface area contributed by atoms with Crippen molar-refractivity contribution in [2.75, 3.05) is 39.8 Å². The first-order valence-corrected chi connectivity index (χ1v) is 6.99. The molecule has 0 spiro atoms. The Labute approximate surface area is 136 Å². The largest absolute Gasteiger partial charge is 0.480 e. The molecule has 1 aliphatic heterocycles. The van der Waals surface area contributed by atoms with Gasteiger partial charge in [0.2, 0.25) is 0 Å². The summed E-state index contributed by atoms with van der Waals surface area (Å²) in [7, 11) is 0. The lowest BCUT2D eigenvalue weighted by Crippen LogP contribution is -2.66. The molecule has 3 atom stereocenters. The van der Waals surface area contributed by atoms with E-state index < -0.39 is 55.9 Å². The molecule has 0 saturated carbocycles. The molecule has 12 nitrogen and oxygen atoms in total. The van der Waals surface area contributed by atoms with Crippen LogP contribution >= 0.6 is 0 Å². The quantitative estimate of drug-likeness (QED) is 0.238. The molecule has 0 aromatic heterocycles. The van der Waals surface area contributed by atoms with Crippen LogP contribution < -0.4 is 0 Å². The van der Waals surface area contributed by atoms with Gasteiger partial charge in [-0.3, -0.25) is 29.1 Å². The molecule has 1 heterocycles. The second-order valence-electron chi connectivity index (χ2n) is 5.30. The van der Waals surface area contributed by atoms with Gasteiger partial charge in [-0.05, 0) is 0 Å². The molecule has 0 amide bonds. The summed E-state index contributed by atoms with van der Waals surface area (Å²) in [6.07, 6.45) is 0. The van der Waals surface area contributed by atoms with Crippen molar-refractivity contribution in [2.45, 2.75) is 18.1 Å². The first-order chi connectivity index (χ1) is 11.3. The van der Waals surface area contributed by atoms with E-state index in [1.165, 1.54) is 0 Å². The predicted octanol–water partition coefficient (Wildman–Crippen LogP) is -3.88.